The SMILES string of the molecule is CCNCc1cccc(F)c1OCCOCCO. The molecule has 0 saturated carbocycles. The van der Waals surface area contributed by atoms with Crippen LogP contribution in [0.15, 0.2) is 18.2 Å². The van der Waals surface area contributed by atoms with Crippen molar-refractivity contribution in [2.24, 2.45) is 0 Å². The van der Waals surface area contributed by atoms with Gasteiger partial charge in [-0.3, -0.25) is 0 Å². The fourth-order valence-corrected chi connectivity index (χ4v) is 1.48. The molecule has 0 unspecified atom stereocenters. The van der Waals surface area contributed by atoms with Crippen molar-refractivity contribution in [3.8, 4) is 5.75 Å². The Morgan fingerprint density at radius 1 is 1.28 bits per heavy atom. The summed E-state index contributed by atoms with van der Waals surface area (Å²) in [5.74, 6) is -0.0985. The predicted molar refractivity (Wildman–Crippen MR) is 67.2 cm³/mol. The molecule has 2 N–H and O–H groups in total. The molecule has 0 aromatic heterocycles. The van der Waals surface area contributed by atoms with Gasteiger partial charge in [0.25, 0.3) is 0 Å². The normalized spacial score (nSPS) is 10.6. The number of halogens is 1. The molecule has 0 heterocycles. The lowest BCUT2D eigenvalue weighted by Crippen LogP contribution is -2.15. The molecule has 0 fully saturated rings. The highest BCUT2D eigenvalue weighted by Crippen LogP contribution is 2.22. The van der Waals surface area contributed by atoms with Gasteiger partial charge < -0.3 is 19.9 Å². The average Bonchev–Trinajstić information content (AvgIpc) is 2.38. The summed E-state index contributed by atoms with van der Waals surface area (Å²) in [5, 5.41) is 11.7. The number of nitrogens with one attached hydrogen (secondary N) is 1. The number of aliphatic hydroxyl groups excluding tert-OH is 1. The molecule has 0 bridgehead atoms. The summed E-state index contributed by atoms with van der Waals surface area (Å²) in [6.45, 7) is 4.21. The van der Waals surface area contributed by atoms with Crippen LogP contribution in [0.3, 0.4) is 0 Å². The van der Waals surface area contributed by atoms with Gasteiger partial charge >= 0.3 is 0 Å². The number of ether oxygens (including phenoxy) is 2. The van der Waals surface area contributed by atoms with E-state index >= 15 is 0 Å². The molecular formula is C13H20FNO3. The second-order valence-corrected chi connectivity index (χ2v) is 3.69. The molecule has 0 radical (unpaired) electrons. The van der Waals surface area contributed by atoms with Crippen molar-refractivity contribution in [3.05, 3.63) is 29.6 Å². The second kappa shape index (κ2) is 8.85. The first-order chi connectivity index (χ1) is 8.79. The van der Waals surface area contributed by atoms with Gasteiger partial charge in [-0.25, -0.2) is 4.39 Å². The van der Waals surface area contributed by atoms with Gasteiger partial charge in [0.1, 0.15) is 6.61 Å². The monoisotopic (exact) mass is 257 g/mol. The fourth-order valence-electron chi connectivity index (χ4n) is 1.48. The van der Waals surface area contributed by atoms with E-state index in [2.05, 4.69) is 5.32 Å². The van der Waals surface area contributed by atoms with Gasteiger partial charge in [-0.1, -0.05) is 19.1 Å². The Morgan fingerprint density at radius 3 is 2.83 bits per heavy atom. The van der Waals surface area contributed by atoms with Crippen molar-refractivity contribution in [3.63, 3.8) is 0 Å². The van der Waals surface area contributed by atoms with Gasteiger partial charge in [0, 0.05) is 12.1 Å². The van der Waals surface area contributed by atoms with Crippen molar-refractivity contribution in [2.75, 3.05) is 33.0 Å². The Hall–Kier alpha value is -1.17. The number of para-hydroxylation sites is 1. The molecule has 18 heavy (non-hydrogen) atoms. The lowest BCUT2D eigenvalue weighted by atomic mass is 10.2. The Bertz CT molecular complexity index is 347. The van der Waals surface area contributed by atoms with E-state index in [1.54, 1.807) is 6.07 Å². The maximum Gasteiger partial charge on any atom is 0.165 e. The van der Waals surface area contributed by atoms with Crippen LogP contribution < -0.4 is 10.1 Å². The summed E-state index contributed by atoms with van der Waals surface area (Å²) in [5.41, 5.74) is 0.791. The van der Waals surface area contributed by atoms with Crippen LogP contribution in [0.1, 0.15) is 12.5 Å². The smallest absolute Gasteiger partial charge is 0.165 e. The van der Waals surface area contributed by atoms with E-state index in [-0.39, 0.29) is 31.4 Å². The van der Waals surface area contributed by atoms with Crippen molar-refractivity contribution in [2.45, 2.75) is 13.5 Å². The lowest BCUT2D eigenvalue weighted by Gasteiger charge is -2.12. The molecule has 1 aromatic rings. The van der Waals surface area contributed by atoms with Crippen LogP contribution in [0, 0.1) is 5.82 Å². The molecule has 0 atom stereocenters. The molecule has 4 nitrogen and oxygen atoms in total. The first kappa shape index (κ1) is 14.9. The highest BCUT2D eigenvalue weighted by Gasteiger charge is 2.09. The third-order valence-electron chi connectivity index (χ3n) is 2.32. The number of hydrogen-bond acceptors (Lipinski definition) is 4. The molecule has 1 rings (SSSR count). The largest absolute Gasteiger partial charge is 0.488 e. The van der Waals surface area contributed by atoms with E-state index in [4.69, 9.17) is 14.6 Å². The summed E-state index contributed by atoms with van der Waals surface area (Å²) >= 11 is 0. The summed E-state index contributed by atoms with van der Waals surface area (Å²) in [7, 11) is 0. The maximum atomic E-state index is 13.6. The van der Waals surface area contributed by atoms with Crippen LogP contribution in [0.2, 0.25) is 0 Å². The molecule has 0 amide bonds. The van der Waals surface area contributed by atoms with Gasteiger partial charge in [0.05, 0.1) is 19.8 Å². The van der Waals surface area contributed by atoms with E-state index in [1.165, 1.54) is 6.07 Å². The van der Waals surface area contributed by atoms with Gasteiger partial charge in [-0.2, -0.15) is 0 Å². The minimum absolute atomic E-state index is 0.0225. The summed E-state index contributed by atoms with van der Waals surface area (Å²) in [4.78, 5) is 0. The first-order valence-corrected chi connectivity index (χ1v) is 6.09. The third-order valence-corrected chi connectivity index (χ3v) is 2.32. The van der Waals surface area contributed by atoms with Gasteiger partial charge in [0.2, 0.25) is 0 Å². The third kappa shape index (κ3) is 5.00. The highest BCUT2D eigenvalue weighted by atomic mass is 19.1. The molecule has 0 saturated heterocycles. The summed E-state index contributed by atoms with van der Waals surface area (Å²) in [6, 6.07) is 4.87. The number of hydrogen-bond donors (Lipinski definition) is 2. The number of aliphatic hydroxyl groups is 1. The van der Waals surface area contributed by atoms with Gasteiger partial charge in [-0.05, 0) is 12.6 Å². The van der Waals surface area contributed by atoms with Crippen molar-refractivity contribution in [1.29, 1.82) is 0 Å². The first-order valence-electron chi connectivity index (χ1n) is 6.09. The van der Waals surface area contributed by atoms with Crippen molar-refractivity contribution >= 4 is 0 Å². The van der Waals surface area contributed by atoms with E-state index in [0.717, 1.165) is 12.1 Å². The van der Waals surface area contributed by atoms with Crippen LogP contribution in [-0.4, -0.2) is 38.1 Å². The zero-order chi connectivity index (χ0) is 13.2. The molecular weight excluding hydrogens is 237 g/mol. The van der Waals surface area contributed by atoms with E-state index in [9.17, 15) is 4.39 Å². The van der Waals surface area contributed by atoms with Crippen LogP contribution in [-0.2, 0) is 11.3 Å². The number of rotatable bonds is 9. The molecule has 1 aromatic carbocycles. The van der Waals surface area contributed by atoms with E-state index < -0.39 is 0 Å². The quantitative estimate of drug-likeness (QED) is 0.655. The standard InChI is InChI=1S/C13H20FNO3/c1-2-15-10-11-4-3-5-12(14)13(11)18-9-8-17-7-6-16/h3-5,15-16H,2,6-10H2,1H3. The zero-order valence-electron chi connectivity index (χ0n) is 10.6. The van der Waals surface area contributed by atoms with E-state index in [0.29, 0.717) is 13.2 Å². The average molecular weight is 257 g/mol. The van der Waals surface area contributed by atoms with Crippen molar-refractivity contribution in [1.82, 2.24) is 5.32 Å². The molecule has 0 aliphatic rings. The van der Waals surface area contributed by atoms with Crippen molar-refractivity contribution < 1.29 is 19.0 Å². The summed E-state index contributed by atoms with van der Waals surface area (Å²) < 4.78 is 24.1. The highest BCUT2D eigenvalue weighted by molar-refractivity contribution is 5.34. The minimum atomic E-state index is -0.368. The number of benzene rings is 1. The molecule has 0 aliphatic carbocycles. The Morgan fingerprint density at radius 2 is 2.11 bits per heavy atom. The molecule has 102 valence electrons. The predicted octanol–water partition coefficient (Wildman–Crippen LogP) is 1.32. The van der Waals surface area contributed by atoms with Crippen LogP contribution in [0.4, 0.5) is 4.39 Å². The Balaban J connectivity index is 2.50. The minimum Gasteiger partial charge on any atom is -0.488 e. The molecule has 0 spiro atoms. The van der Waals surface area contributed by atoms with Crippen LogP contribution in [0.25, 0.3) is 0 Å². The second-order valence-electron chi connectivity index (χ2n) is 3.69. The molecule has 0 aliphatic heterocycles. The maximum absolute atomic E-state index is 13.6. The topological polar surface area (TPSA) is 50.7 Å². The molecule has 5 heteroatoms. The van der Waals surface area contributed by atoms with Gasteiger partial charge in [0.15, 0.2) is 11.6 Å². The van der Waals surface area contributed by atoms with Crippen LogP contribution in [0.5, 0.6) is 5.75 Å². The lowest BCUT2D eigenvalue weighted by molar-refractivity contribution is 0.0694. The Labute approximate surface area is 107 Å². The zero-order valence-corrected chi connectivity index (χ0v) is 10.6. The fraction of sp³-hybridized carbons (Fsp3) is 0.538. The summed E-state index contributed by atoms with van der Waals surface area (Å²) in [6.07, 6.45) is 0. The van der Waals surface area contributed by atoms with E-state index in [1.807, 2.05) is 13.0 Å². The van der Waals surface area contributed by atoms with Crippen LogP contribution >= 0.6 is 0 Å². The van der Waals surface area contributed by atoms with Gasteiger partial charge in [-0.15, -0.1) is 0 Å². The Kier molecular flexibility index (Phi) is 7.32.